The second kappa shape index (κ2) is 4.42. The van der Waals surface area contributed by atoms with Crippen molar-refractivity contribution in [1.29, 1.82) is 0 Å². The summed E-state index contributed by atoms with van der Waals surface area (Å²) in [6.07, 6.45) is 4.15. The van der Waals surface area contributed by atoms with Crippen LogP contribution < -0.4 is 4.57 Å². The van der Waals surface area contributed by atoms with E-state index in [2.05, 4.69) is 48.9 Å². The fourth-order valence-electron chi connectivity index (χ4n) is 3.84. The molecule has 0 saturated heterocycles. The van der Waals surface area contributed by atoms with Crippen molar-refractivity contribution in [3.63, 3.8) is 0 Å². The third-order valence-corrected chi connectivity index (χ3v) is 5.12. The third kappa shape index (κ3) is 1.51. The van der Waals surface area contributed by atoms with Crippen LogP contribution >= 0.6 is 0 Å². The van der Waals surface area contributed by atoms with Gasteiger partial charge in [0.25, 0.3) is 0 Å². The van der Waals surface area contributed by atoms with Crippen molar-refractivity contribution in [1.82, 2.24) is 9.55 Å². The number of pyridine rings is 1. The summed E-state index contributed by atoms with van der Waals surface area (Å²) in [5, 5.41) is 2.65. The minimum Gasteiger partial charge on any atom is -0.342 e. The molecule has 121 valence electrons. The second-order valence-electron chi connectivity index (χ2n) is 6.45. The molecule has 1 aliphatic rings. The van der Waals surface area contributed by atoms with Gasteiger partial charge in [0.1, 0.15) is 5.69 Å². The maximum atomic E-state index is 4.85. The van der Waals surface area contributed by atoms with Crippen molar-refractivity contribution in [2.75, 3.05) is 0 Å². The molecule has 2 aromatic carbocycles. The molecule has 4 heteroatoms. The van der Waals surface area contributed by atoms with Gasteiger partial charge in [-0.05, 0) is 30.4 Å². The molecule has 4 aromatic rings. The van der Waals surface area contributed by atoms with Crippen molar-refractivity contribution >= 4 is 21.9 Å². The molecule has 0 fully saturated rings. The van der Waals surface area contributed by atoms with Gasteiger partial charge < -0.3 is 4.57 Å². The number of rotatable bonds is 0. The average Bonchev–Trinajstić information content (AvgIpc) is 3.06. The molecule has 1 aliphatic heterocycles. The van der Waals surface area contributed by atoms with Crippen molar-refractivity contribution in [2.24, 2.45) is 7.05 Å². The van der Waals surface area contributed by atoms with Crippen LogP contribution in [0.3, 0.4) is 0 Å². The Morgan fingerprint density at radius 3 is 2.75 bits per heavy atom. The Bertz CT molecular complexity index is 1130. The summed E-state index contributed by atoms with van der Waals surface area (Å²) in [5.74, 6) is 1.12. The summed E-state index contributed by atoms with van der Waals surface area (Å²) in [6, 6.07) is 12.9. The summed E-state index contributed by atoms with van der Waals surface area (Å²) in [7, 11) is 2.04. The van der Waals surface area contributed by atoms with Crippen LogP contribution in [-0.4, -0.2) is 9.55 Å². The van der Waals surface area contributed by atoms with Gasteiger partial charge in [-0.2, -0.15) is 0 Å². The van der Waals surface area contributed by atoms with Crippen LogP contribution in [-0.2, 0) is 13.5 Å². The zero-order valence-electron chi connectivity index (χ0n) is 13.8. The Labute approximate surface area is 134 Å². The zero-order valence-corrected chi connectivity index (χ0v) is 16.6. The Morgan fingerprint density at radius 2 is 1.92 bits per heavy atom. The van der Waals surface area contributed by atoms with E-state index < -0.39 is 0 Å². The van der Waals surface area contributed by atoms with Crippen LogP contribution in [0.1, 0.15) is 22.5 Å². The smallest absolute Gasteiger partial charge is 0.205 e. The SMILES string of the molecule is Cc1ccc2ccc3c(c2c1C)-n1c(nc2cc[c-][n+](C)c21)C3.[Bk]. The molecule has 0 saturated carbocycles. The molecule has 0 aliphatic carbocycles. The van der Waals surface area contributed by atoms with Crippen LogP contribution in [0.5, 0.6) is 0 Å². The van der Waals surface area contributed by atoms with Crippen LogP contribution in [0, 0.1) is 20.0 Å². The van der Waals surface area contributed by atoms with Crippen LogP contribution in [0.25, 0.3) is 27.6 Å². The average molecular weight is 546 g/mol. The number of fused-ring (bicyclic) bond motifs is 7. The molecule has 0 spiro atoms. The minimum atomic E-state index is 0. The number of nitrogens with zero attached hydrogens (tertiary/aromatic N) is 3. The number of imidazole rings is 1. The predicted octanol–water partition coefficient (Wildman–Crippen LogP) is 3.32. The number of hydrogen-bond donors (Lipinski definition) is 0. The molecule has 3 heterocycles. The summed E-state index contributed by atoms with van der Waals surface area (Å²) >= 11 is 0. The van der Waals surface area contributed by atoms with Gasteiger partial charge in [-0.3, -0.25) is 0 Å². The van der Waals surface area contributed by atoms with E-state index in [0.717, 1.165) is 23.4 Å². The van der Waals surface area contributed by atoms with Gasteiger partial charge in [0.15, 0.2) is 5.82 Å². The molecule has 2 aromatic heterocycles. The van der Waals surface area contributed by atoms with Crippen LogP contribution in [0.15, 0.2) is 36.4 Å². The van der Waals surface area contributed by atoms with E-state index in [4.69, 9.17) is 4.98 Å². The number of hydrogen-bond acceptors (Lipinski definition) is 1. The van der Waals surface area contributed by atoms with Crippen LogP contribution in [0.2, 0.25) is 0 Å². The molecule has 0 amide bonds. The van der Waals surface area contributed by atoms with Gasteiger partial charge in [-0.1, -0.05) is 24.3 Å². The Balaban J connectivity index is 0.00000146. The van der Waals surface area contributed by atoms with E-state index in [1.54, 1.807) is 0 Å². The molecule has 5 rings (SSSR count). The molecular weight excluding hydrogens is 529 g/mol. The first-order valence-corrected chi connectivity index (χ1v) is 7.95. The number of aryl methyl sites for hydroxylation is 3. The second-order valence-corrected chi connectivity index (χ2v) is 6.45. The molecule has 0 N–H and O–H groups in total. The maximum absolute atomic E-state index is 4.85. The van der Waals surface area contributed by atoms with E-state index in [1.165, 1.54) is 33.2 Å². The van der Waals surface area contributed by atoms with Crippen LogP contribution in [0.4, 0.5) is 0 Å². The van der Waals surface area contributed by atoms with E-state index in [1.807, 2.05) is 23.7 Å². The normalized spacial score (nSPS) is 12.3. The van der Waals surface area contributed by atoms with Gasteiger partial charge in [0.05, 0.1) is 13.5 Å². The van der Waals surface area contributed by atoms with Gasteiger partial charge >= 0.3 is 0 Å². The molecule has 1 radical (unpaired) electrons. The quantitative estimate of drug-likeness (QED) is 0.216. The third-order valence-electron chi connectivity index (χ3n) is 5.12. The van der Waals surface area contributed by atoms with E-state index in [-0.39, 0.29) is 0 Å². The van der Waals surface area contributed by atoms with E-state index in [9.17, 15) is 0 Å². The topological polar surface area (TPSA) is 21.7 Å². The largest absolute Gasteiger partial charge is 0.342 e. The number of benzene rings is 2. The first-order valence-electron chi connectivity index (χ1n) is 7.95. The van der Waals surface area contributed by atoms with Gasteiger partial charge in [-0.25, -0.2) is 9.55 Å². The minimum absolute atomic E-state index is 0. The fourth-order valence-corrected chi connectivity index (χ4v) is 3.84. The Kier molecular flexibility index (Phi) is 2.57. The summed E-state index contributed by atoms with van der Waals surface area (Å²) in [4.78, 5) is 4.85. The molecule has 24 heavy (non-hydrogen) atoms. The fraction of sp³-hybridized carbons (Fsp3) is 0.200. The first kappa shape index (κ1) is 13.9. The molecule has 0 bridgehead atoms. The summed E-state index contributed by atoms with van der Waals surface area (Å²) in [5.41, 5.74) is 7.51. The summed E-state index contributed by atoms with van der Waals surface area (Å²) in [6.45, 7) is 4.41. The standard InChI is InChI=1S/C20H17N3.Bk/c1-12-6-7-14-8-9-15-11-17-21-16-5-4-10-22(3)20(16)23(17)19(15)18(14)13(12)2;/h4-9H,11H2,1-3H3;. The van der Waals surface area contributed by atoms with Gasteiger partial charge in [0, 0.05) is 22.7 Å². The van der Waals surface area contributed by atoms with E-state index >= 15 is 0 Å². The molecular formula is C20H17BkN3. The molecule has 0 atom stereocenters. The molecule has 3 nitrogen and oxygen atoms in total. The maximum Gasteiger partial charge on any atom is 0.205 e. The molecule has 0 unspecified atom stereocenters. The first-order chi connectivity index (χ1) is 11.1. The number of aromatic nitrogens is 3. The van der Waals surface area contributed by atoms with Crippen molar-refractivity contribution < 1.29 is 4.57 Å². The predicted molar refractivity (Wildman–Crippen MR) is 90.9 cm³/mol. The van der Waals surface area contributed by atoms with Crippen molar-refractivity contribution in [3.05, 3.63) is 65.1 Å². The zero-order chi connectivity index (χ0) is 15.7. The Hall–Kier alpha value is -3.68. The Morgan fingerprint density at radius 1 is 1.12 bits per heavy atom. The van der Waals surface area contributed by atoms with E-state index in [0.29, 0.717) is 0 Å². The monoisotopic (exact) mass is 546 g/mol. The van der Waals surface area contributed by atoms with Crippen molar-refractivity contribution in [3.8, 4) is 5.69 Å². The van der Waals surface area contributed by atoms with Crippen molar-refractivity contribution in [2.45, 2.75) is 20.3 Å². The van der Waals surface area contributed by atoms with Gasteiger partial charge in [0.2, 0.25) is 5.65 Å². The summed E-state index contributed by atoms with van der Waals surface area (Å²) < 4.78 is 4.38. The van der Waals surface area contributed by atoms with Gasteiger partial charge in [-0.15, -0.1) is 12.1 Å².